The minimum Gasteiger partial charge on any atom is -0.355 e. The first-order valence-electron chi connectivity index (χ1n) is 10.8. The van der Waals surface area contributed by atoms with Gasteiger partial charge in [0.15, 0.2) is 5.65 Å². The van der Waals surface area contributed by atoms with Gasteiger partial charge in [0.1, 0.15) is 17.3 Å². The smallest absolute Gasteiger partial charge is 0.273 e. The van der Waals surface area contributed by atoms with E-state index >= 15 is 0 Å². The second kappa shape index (κ2) is 7.88. The third-order valence-electron chi connectivity index (χ3n) is 6.20. The highest BCUT2D eigenvalue weighted by Crippen LogP contribution is 2.32. The predicted octanol–water partition coefficient (Wildman–Crippen LogP) is 2.48. The number of nitrogens with two attached hydrogens (primary N) is 1. The van der Waals surface area contributed by atoms with Crippen LogP contribution in [-0.4, -0.2) is 56.1 Å². The Hall–Kier alpha value is -3.07. The van der Waals surface area contributed by atoms with Crippen LogP contribution in [0.2, 0.25) is 0 Å². The number of halogens is 1. The molecule has 3 aromatic rings. The van der Waals surface area contributed by atoms with Crippen molar-refractivity contribution in [3.63, 3.8) is 0 Å². The maximum atomic E-state index is 13.2. The maximum Gasteiger partial charge on any atom is 0.273 e. The molecule has 2 aliphatic rings. The van der Waals surface area contributed by atoms with Crippen LogP contribution in [0.5, 0.6) is 0 Å². The Kier molecular flexibility index (Phi) is 5.05. The van der Waals surface area contributed by atoms with Crippen LogP contribution < -0.4 is 10.6 Å². The van der Waals surface area contributed by atoms with E-state index in [1.54, 1.807) is 9.42 Å². The number of piperidine rings is 1. The monoisotopic (exact) mass is 423 g/mol. The molecule has 9 heteroatoms. The van der Waals surface area contributed by atoms with E-state index < -0.39 is 5.82 Å². The highest BCUT2D eigenvalue weighted by molar-refractivity contribution is 5.92. The van der Waals surface area contributed by atoms with E-state index in [4.69, 9.17) is 15.8 Å². The maximum absolute atomic E-state index is 13.2. The van der Waals surface area contributed by atoms with Gasteiger partial charge in [-0.3, -0.25) is 4.79 Å². The standard InChI is InChI=1S/C22H26FN7O/c1-14-12-30-20(26-21(14)28-9-7-16(24)13-28)10-18(27-30)19-4-2-3-8-29(19)22(31)17-6-5-15(23)11-25-17/h5-6,10-12,16,19H,2-4,7-9,13,24H2,1H3. The molecule has 2 saturated heterocycles. The Morgan fingerprint density at radius 3 is 2.84 bits per heavy atom. The third kappa shape index (κ3) is 3.74. The van der Waals surface area contributed by atoms with Crippen LogP contribution >= 0.6 is 0 Å². The number of hydrogen-bond donors (Lipinski definition) is 1. The molecule has 2 aliphatic heterocycles. The Labute approximate surface area is 179 Å². The summed E-state index contributed by atoms with van der Waals surface area (Å²) in [6, 6.07) is 4.69. The molecule has 5 rings (SSSR count). The predicted molar refractivity (Wildman–Crippen MR) is 114 cm³/mol. The number of nitrogens with zero attached hydrogens (tertiary/aromatic N) is 6. The summed E-state index contributed by atoms with van der Waals surface area (Å²) in [6.07, 6.45) is 6.80. The largest absolute Gasteiger partial charge is 0.355 e. The van der Waals surface area contributed by atoms with Gasteiger partial charge in [-0.05, 0) is 44.7 Å². The molecule has 0 radical (unpaired) electrons. The molecule has 0 aromatic carbocycles. The molecule has 2 fully saturated rings. The number of amides is 1. The van der Waals surface area contributed by atoms with Crippen LogP contribution in [0.25, 0.3) is 5.65 Å². The minimum atomic E-state index is -0.455. The summed E-state index contributed by atoms with van der Waals surface area (Å²) in [7, 11) is 0. The van der Waals surface area contributed by atoms with E-state index in [9.17, 15) is 9.18 Å². The van der Waals surface area contributed by atoms with Crippen molar-refractivity contribution in [1.82, 2.24) is 24.5 Å². The number of carbonyl (C=O) groups excluding carboxylic acids is 1. The van der Waals surface area contributed by atoms with Gasteiger partial charge in [0.05, 0.1) is 17.9 Å². The van der Waals surface area contributed by atoms with Crippen LogP contribution in [0.3, 0.4) is 0 Å². The Bertz CT molecular complexity index is 1110. The van der Waals surface area contributed by atoms with E-state index in [1.807, 2.05) is 19.2 Å². The summed E-state index contributed by atoms with van der Waals surface area (Å²) in [6.45, 7) is 4.37. The molecule has 2 unspecified atom stereocenters. The zero-order chi connectivity index (χ0) is 21.5. The minimum absolute atomic E-state index is 0.154. The molecule has 2 atom stereocenters. The van der Waals surface area contributed by atoms with E-state index in [0.717, 1.165) is 67.7 Å². The summed E-state index contributed by atoms with van der Waals surface area (Å²) in [5.74, 6) is 0.292. The van der Waals surface area contributed by atoms with Crippen molar-refractivity contribution in [2.75, 3.05) is 24.5 Å². The molecule has 8 nitrogen and oxygen atoms in total. The highest BCUT2D eigenvalue weighted by Gasteiger charge is 2.31. The fourth-order valence-corrected chi connectivity index (χ4v) is 4.61. The molecule has 0 saturated carbocycles. The Morgan fingerprint density at radius 1 is 1.23 bits per heavy atom. The summed E-state index contributed by atoms with van der Waals surface area (Å²) in [5, 5.41) is 4.76. The number of aromatic nitrogens is 4. The molecule has 0 bridgehead atoms. The van der Waals surface area contributed by atoms with Crippen molar-refractivity contribution in [2.45, 2.75) is 44.7 Å². The fourth-order valence-electron chi connectivity index (χ4n) is 4.61. The Balaban J connectivity index is 1.46. The normalized spacial score (nSPS) is 21.8. The van der Waals surface area contributed by atoms with Crippen LogP contribution in [0.15, 0.2) is 30.6 Å². The Morgan fingerprint density at radius 2 is 2.10 bits per heavy atom. The zero-order valence-electron chi connectivity index (χ0n) is 17.5. The molecule has 0 aliphatic carbocycles. The van der Waals surface area contributed by atoms with Crippen LogP contribution in [0.1, 0.15) is 53.5 Å². The lowest BCUT2D eigenvalue weighted by molar-refractivity contribution is 0.0599. The van der Waals surface area contributed by atoms with Gasteiger partial charge in [0.2, 0.25) is 0 Å². The lowest BCUT2D eigenvalue weighted by Crippen LogP contribution is -2.39. The number of rotatable bonds is 3. The van der Waals surface area contributed by atoms with Crippen molar-refractivity contribution in [3.8, 4) is 0 Å². The molecule has 2 N–H and O–H groups in total. The summed E-state index contributed by atoms with van der Waals surface area (Å²) >= 11 is 0. The molecule has 3 aromatic heterocycles. The number of anilines is 1. The summed E-state index contributed by atoms with van der Waals surface area (Å²) in [5.41, 5.74) is 8.95. The van der Waals surface area contributed by atoms with Crippen LogP contribution in [0, 0.1) is 12.7 Å². The first kappa shape index (κ1) is 19.9. The average Bonchev–Trinajstić information content (AvgIpc) is 3.39. The number of fused-ring (bicyclic) bond motifs is 1. The highest BCUT2D eigenvalue weighted by atomic mass is 19.1. The summed E-state index contributed by atoms with van der Waals surface area (Å²) < 4.78 is 15.0. The van der Waals surface area contributed by atoms with Gasteiger partial charge >= 0.3 is 0 Å². The van der Waals surface area contributed by atoms with Crippen LogP contribution in [0.4, 0.5) is 10.2 Å². The zero-order valence-corrected chi connectivity index (χ0v) is 17.5. The lowest BCUT2D eigenvalue weighted by atomic mass is 9.99. The van der Waals surface area contributed by atoms with Crippen molar-refractivity contribution < 1.29 is 9.18 Å². The second-order valence-corrected chi connectivity index (χ2v) is 8.49. The van der Waals surface area contributed by atoms with Crippen molar-refractivity contribution in [2.24, 2.45) is 5.73 Å². The number of likely N-dealkylation sites (tertiary alicyclic amines) is 1. The van der Waals surface area contributed by atoms with Gasteiger partial charge in [-0.1, -0.05) is 0 Å². The van der Waals surface area contributed by atoms with Crippen LogP contribution in [-0.2, 0) is 0 Å². The number of pyridine rings is 1. The molecule has 162 valence electrons. The number of carbonyl (C=O) groups is 1. The topological polar surface area (TPSA) is 92.6 Å². The molecule has 31 heavy (non-hydrogen) atoms. The van der Waals surface area contributed by atoms with Gasteiger partial charge in [-0.2, -0.15) is 5.10 Å². The van der Waals surface area contributed by atoms with Gasteiger partial charge in [-0.25, -0.2) is 18.9 Å². The lowest BCUT2D eigenvalue weighted by Gasteiger charge is -2.34. The molecule has 5 heterocycles. The van der Waals surface area contributed by atoms with Crippen molar-refractivity contribution in [3.05, 3.63) is 53.4 Å². The van der Waals surface area contributed by atoms with Gasteiger partial charge in [0, 0.05) is 43.5 Å². The van der Waals surface area contributed by atoms with Gasteiger partial charge in [-0.15, -0.1) is 0 Å². The second-order valence-electron chi connectivity index (χ2n) is 8.49. The van der Waals surface area contributed by atoms with Crippen molar-refractivity contribution in [1.29, 1.82) is 0 Å². The molecule has 1 amide bonds. The SMILES string of the molecule is Cc1cn2nc(C3CCCCN3C(=O)c3ccc(F)cn3)cc2nc1N1CCC(N)C1. The first-order chi connectivity index (χ1) is 15.0. The number of hydrogen-bond acceptors (Lipinski definition) is 6. The third-order valence-corrected chi connectivity index (χ3v) is 6.20. The molecular weight excluding hydrogens is 397 g/mol. The van der Waals surface area contributed by atoms with Crippen molar-refractivity contribution >= 4 is 17.4 Å². The van der Waals surface area contributed by atoms with Gasteiger partial charge < -0.3 is 15.5 Å². The van der Waals surface area contributed by atoms with E-state index in [2.05, 4.69) is 9.88 Å². The molecule has 0 spiro atoms. The first-order valence-corrected chi connectivity index (χ1v) is 10.8. The van der Waals surface area contributed by atoms with E-state index in [0.29, 0.717) is 6.54 Å². The average molecular weight is 423 g/mol. The number of aryl methyl sites for hydroxylation is 1. The van der Waals surface area contributed by atoms with E-state index in [1.165, 1.54) is 12.1 Å². The fraction of sp³-hybridized carbons (Fsp3) is 0.455. The summed E-state index contributed by atoms with van der Waals surface area (Å²) in [4.78, 5) is 26.0. The quantitative estimate of drug-likeness (QED) is 0.696. The van der Waals surface area contributed by atoms with Gasteiger partial charge in [0.25, 0.3) is 5.91 Å². The van der Waals surface area contributed by atoms with E-state index in [-0.39, 0.29) is 23.7 Å². The molecular formula is C22H26FN7O.